The SMILES string of the molecule is CCCCOC(=O)[C@H]1[C@H]2C(=O)N(c3ccc(Cl)c(F)c3)C[C@@]23C=C[C@H]1O3. The van der Waals surface area contributed by atoms with E-state index in [-0.39, 0.29) is 17.5 Å². The van der Waals surface area contributed by atoms with Gasteiger partial charge in [-0.1, -0.05) is 37.1 Å². The molecule has 5 nitrogen and oxygen atoms in total. The van der Waals surface area contributed by atoms with Gasteiger partial charge in [-0.3, -0.25) is 9.59 Å². The highest BCUT2D eigenvalue weighted by Crippen LogP contribution is 2.53. The van der Waals surface area contributed by atoms with Crippen LogP contribution < -0.4 is 4.90 Å². The number of halogens is 2. The molecule has 4 rings (SSSR count). The van der Waals surface area contributed by atoms with E-state index in [0.29, 0.717) is 12.3 Å². The third-order valence-electron chi connectivity index (χ3n) is 5.33. The normalized spacial score (nSPS) is 31.6. The van der Waals surface area contributed by atoms with Gasteiger partial charge in [0.15, 0.2) is 0 Å². The zero-order chi connectivity index (χ0) is 18.5. The summed E-state index contributed by atoms with van der Waals surface area (Å²) in [6.45, 7) is 2.58. The molecule has 1 amide bonds. The average Bonchev–Trinajstić information content (AvgIpc) is 3.26. The minimum atomic E-state index is -0.855. The maximum Gasteiger partial charge on any atom is 0.312 e. The molecule has 26 heavy (non-hydrogen) atoms. The Morgan fingerprint density at radius 2 is 2.31 bits per heavy atom. The molecule has 1 aromatic carbocycles. The molecule has 2 saturated heterocycles. The van der Waals surface area contributed by atoms with Crippen LogP contribution >= 0.6 is 11.6 Å². The number of carbonyl (C=O) groups is 2. The Morgan fingerprint density at radius 1 is 1.50 bits per heavy atom. The fourth-order valence-electron chi connectivity index (χ4n) is 4.05. The molecule has 2 bridgehead atoms. The Balaban J connectivity index is 1.60. The number of nitrogens with zero attached hydrogens (tertiary/aromatic N) is 1. The fraction of sp³-hybridized carbons (Fsp3) is 0.474. The predicted octanol–water partition coefficient (Wildman–Crippen LogP) is 3.11. The molecular weight excluding hydrogens is 361 g/mol. The van der Waals surface area contributed by atoms with Crippen molar-refractivity contribution in [3.8, 4) is 0 Å². The standard InChI is InChI=1S/C19H19ClFNO4/c1-2-3-8-25-18(24)15-14-6-7-19(26-14)10-22(17(23)16(15)19)11-4-5-12(20)13(21)9-11/h4-7,9,14-16H,2-3,8,10H2,1H3/t14-,15-,16+,19+/m1/s1. The smallest absolute Gasteiger partial charge is 0.312 e. The van der Waals surface area contributed by atoms with Gasteiger partial charge in [0, 0.05) is 5.69 Å². The van der Waals surface area contributed by atoms with E-state index in [1.165, 1.54) is 17.0 Å². The second-order valence-corrected chi connectivity index (χ2v) is 7.35. The second kappa shape index (κ2) is 6.35. The van der Waals surface area contributed by atoms with E-state index in [2.05, 4.69) is 0 Å². The van der Waals surface area contributed by atoms with Crippen LogP contribution in [0, 0.1) is 17.7 Å². The van der Waals surface area contributed by atoms with Crippen molar-refractivity contribution in [2.75, 3.05) is 18.1 Å². The number of unbranched alkanes of at least 4 members (excludes halogenated alkanes) is 1. The first kappa shape index (κ1) is 17.5. The largest absolute Gasteiger partial charge is 0.465 e. The molecular formula is C19H19ClFNO4. The molecule has 0 unspecified atom stereocenters. The summed E-state index contributed by atoms with van der Waals surface area (Å²) in [5.74, 6) is -2.56. The number of carbonyl (C=O) groups excluding carboxylic acids is 2. The number of benzene rings is 1. The molecule has 0 saturated carbocycles. The first-order valence-electron chi connectivity index (χ1n) is 8.77. The van der Waals surface area contributed by atoms with E-state index in [9.17, 15) is 14.0 Å². The van der Waals surface area contributed by atoms with Gasteiger partial charge in [0.05, 0.1) is 30.2 Å². The van der Waals surface area contributed by atoms with Gasteiger partial charge in [-0.05, 0) is 24.6 Å². The zero-order valence-corrected chi connectivity index (χ0v) is 15.0. The first-order chi connectivity index (χ1) is 12.5. The Kier molecular flexibility index (Phi) is 4.28. The third-order valence-corrected chi connectivity index (χ3v) is 5.64. The summed E-state index contributed by atoms with van der Waals surface area (Å²) in [6.07, 6.45) is 4.92. The summed E-state index contributed by atoms with van der Waals surface area (Å²) in [5, 5.41) is -0.00629. The van der Waals surface area contributed by atoms with Crippen molar-refractivity contribution >= 4 is 29.2 Å². The molecule has 0 aliphatic carbocycles. The lowest BCUT2D eigenvalue weighted by Crippen LogP contribution is -2.40. The second-order valence-electron chi connectivity index (χ2n) is 6.94. The monoisotopic (exact) mass is 379 g/mol. The topological polar surface area (TPSA) is 55.8 Å². The van der Waals surface area contributed by atoms with Crippen molar-refractivity contribution in [3.63, 3.8) is 0 Å². The van der Waals surface area contributed by atoms with E-state index in [4.69, 9.17) is 21.1 Å². The molecule has 138 valence electrons. The Labute approximate surface area is 155 Å². The highest BCUT2D eigenvalue weighted by Gasteiger charge is 2.67. The highest BCUT2D eigenvalue weighted by atomic mass is 35.5. The lowest BCUT2D eigenvalue weighted by atomic mass is 9.77. The highest BCUT2D eigenvalue weighted by molar-refractivity contribution is 6.30. The van der Waals surface area contributed by atoms with Gasteiger partial charge in [-0.2, -0.15) is 0 Å². The van der Waals surface area contributed by atoms with E-state index in [1.807, 2.05) is 19.1 Å². The molecule has 1 spiro atoms. The number of esters is 1. The quantitative estimate of drug-likeness (QED) is 0.448. The van der Waals surface area contributed by atoms with Gasteiger partial charge in [0.25, 0.3) is 0 Å². The number of hydrogen-bond donors (Lipinski definition) is 0. The van der Waals surface area contributed by atoms with Crippen molar-refractivity contribution in [2.45, 2.75) is 31.5 Å². The summed E-state index contributed by atoms with van der Waals surface area (Å²) >= 11 is 5.73. The molecule has 0 aromatic heterocycles. The molecule has 3 heterocycles. The Bertz CT molecular complexity index is 798. The molecule has 2 fully saturated rings. The number of fused-ring (bicyclic) bond motifs is 1. The van der Waals surface area contributed by atoms with Crippen molar-refractivity contribution in [1.82, 2.24) is 0 Å². The lowest BCUT2D eigenvalue weighted by molar-refractivity contribution is -0.152. The molecule has 7 heteroatoms. The van der Waals surface area contributed by atoms with Crippen LogP contribution in [-0.4, -0.2) is 36.7 Å². The summed E-state index contributed by atoms with van der Waals surface area (Å²) in [7, 11) is 0. The summed E-state index contributed by atoms with van der Waals surface area (Å²) in [5.41, 5.74) is -0.453. The van der Waals surface area contributed by atoms with E-state index in [1.54, 1.807) is 6.07 Å². The van der Waals surface area contributed by atoms with Gasteiger partial charge in [0.2, 0.25) is 5.91 Å². The number of rotatable bonds is 5. The first-order valence-corrected chi connectivity index (χ1v) is 9.15. The van der Waals surface area contributed by atoms with Crippen molar-refractivity contribution in [3.05, 3.63) is 41.2 Å². The van der Waals surface area contributed by atoms with E-state index < -0.39 is 35.3 Å². The molecule has 3 aliphatic rings. The van der Waals surface area contributed by atoms with Crippen LogP contribution in [0.3, 0.4) is 0 Å². The number of amides is 1. The molecule has 0 N–H and O–H groups in total. The van der Waals surface area contributed by atoms with Gasteiger partial charge < -0.3 is 14.4 Å². The predicted molar refractivity (Wildman–Crippen MR) is 93.4 cm³/mol. The molecule has 4 atom stereocenters. The molecule has 3 aliphatic heterocycles. The summed E-state index contributed by atoms with van der Waals surface area (Å²) in [4.78, 5) is 27.1. The number of hydrogen-bond acceptors (Lipinski definition) is 4. The maximum absolute atomic E-state index is 13.8. The van der Waals surface area contributed by atoms with Gasteiger partial charge in [-0.15, -0.1) is 0 Å². The van der Waals surface area contributed by atoms with Crippen molar-refractivity contribution in [1.29, 1.82) is 0 Å². The number of ether oxygens (including phenoxy) is 2. The van der Waals surface area contributed by atoms with Gasteiger partial charge in [-0.25, -0.2) is 4.39 Å². The van der Waals surface area contributed by atoms with Crippen molar-refractivity contribution < 1.29 is 23.5 Å². The van der Waals surface area contributed by atoms with Gasteiger partial charge >= 0.3 is 5.97 Å². The van der Waals surface area contributed by atoms with Crippen molar-refractivity contribution in [2.24, 2.45) is 11.8 Å². The van der Waals surface area contributed by atoms with Crippen LogP contribution in [0.15, 0.2) is 30.4 Å². The summed E-state index contributed by atoms with van der Waals surface area (Å²) < 4.78 is 25.2. The maximum atomic E-state index is 13.8. The van der Waals surface area contributed by atoms with E-state index >= 15 is 0 Å². The van der Waals surface area contributed by atoms with Crippen LogP contribution in [0.5, 0.6) is 0 Å². The van der Waals surface area contributed by atoms with Gasteiger partial charge in [0.1, 0.15) is 17.3 Å². The van der Waals surface area contributed by atoms with Crippen LogP contribution in [0.2, 0.25) is 5.02 Å². The Morgan fingerprint density at radius 3 is 3.04 bits per heavy atom. The number of anilines is 1. The molecule has 1 aromatic rings. The van der Waals surface area contributed by atoms with Crippen LogP contribution in [0.25, 0.3) is 0 Å². The van der Waals surface area contributed by atoms with Crippen LogP contribution in [-0.2, 0) is 19.1 Å². The molecule has 0 radical (unpaired) electrons. The van der Waals surface area contributed by atoms with Crippen LogP contribution in [0.1, 0.15) is 19.8 Å². The van der Waals surface area contributed by atoms with E-state index in [0.717, 1.165) is 12.8 Å². The fourth-order valence-corrected chi connectivity index (χ4v) is 4.17. The zero-order valence-electron chi connectivity index (χ0n) is 14.3. The lowest BCUT2D eigenvalue weighted by Gasteiger charge is -2.22. The van der Waals surface area contributed by atoms with Crippen LogP contribution in [0.4, 0.5) is 10.1 Å². The minimum absolute atomic E-state index is 0.00629. The third kappa shape index (κ3) is 2.55. The minimum Gasteiger partial charge on any atom is -0.465 e. The Hall–Kier alpha value is -1.92. The summed E-state index contributed by atoms with van der Waals surface area (Å²) in [6, 6.07) is 4.23. The average molecular weight is 380 g/mol.